The molecule has 3 N–H and O–H groups in total. The lowest BCUT2D eigenvalue weighted by Crippen LogP contribution is -2.64. The lowest BCUT2D eigenvalue weighted by Gasteiger charge is -2.49. The summed E-state index contributed by atoms with van der Waals surface area (Å²) in [6, 6.07) is 0. The average Bonchev–Trinajstić information content (AvgIpc) is 1.64. The Morgan fingerprint density at radius 3 is 1.67 bits per heavy atom. The summed E-state index contributed by atoms with van der Waals surface area (Å²) in [4.78, 5) is 0. The van der Waals surface area contributed by atoms with Gasteiger partial charge < -0.3 is 10.8 Å². The van der Waals surface area contributed by atoms with E-state index in [1.54, 1.807) is 6.92 Å². The van der Waals surface area contributed by atoms with Crippen LogP contribution in [0.4, 0.5) is 0 Å². The Labute approximate surface area is 61.8 Å². The van der Waals surface area contributed by atoms with Crippen molar-refractivity contribution in [2.45, 2.75) is 37.8 Å². The fourth-order valence-electron chi connectivity index (χ4n) is 0.881. The van der Waals surface area contributed by atoms with Crippen LogP contribution in [0, 0.1) is 0 Å². The predicted molar refractivity (Wildman–Crippen MR) is 39.7 cm³/mol. The van der Waals surface area contributed by atoms with E-state index in [0.29, 0.717) is 0 Å². The molecule has 2 nitrogen and oxygen atoms in total. The van der Waals surface area contributed by atoms with E-state index in [1.807, 2.05) is 6.92 Å². The normalized spacial score (nSPS) is 49.3. The molecule has 0 aromatic rings. The van der Waals surface area contributed by atoms with Gasteiger partial charge in [0, 0.05) is 5.54 Å². The predicted octanol–water partition coefficient (Wildman–Crippen LogP) is 0.670. The fourth-order valence-corrected chi connectivity index (χ4v) is 0.881. The second-order valence-corrected chi connectivity index (χ2v) is 3.19. The van der Waals surface area contributed by atoms with Crippen LogP contribution in [0.15, 0.2) is 0 Å². The van der Waals surface area contributed by atoms with Crippen LogP contribution >= 0.6 is 12.4 Å². The summed E-state index contributed by atoms with van der Waals surface area (Å²) in [5.41, 5.74) is 4.72. The molecule has 0 amide bonds. The summed E-state index contributed by atoms with van der Waals surface area (Å²) in [5, 5.41) is 9.32. The van der Waals surface area contributed by atoms with Gasteiger partial charge in [-0.15, -0.1) is 12.4 Å². The molecule has 1 rings (SSSR count). The first-order valence-electron chi connectivity index (χ1n) is 2.97. The van der Waals surface area contributed by atoms with E-state index in [1.165, 1.54) is 0 Å². The smallest absolute Gasteiger partial charge is 0.0796 e. The van der Waals surface area contributed by atoms with Gasteiger partial charge in [-0.1, -0.05) is 0 Å². The molecule has 1 aliphatic rings. The summed E-state index contributed by atoms with van der Waals surface area (Å²) in [6.45, 7) is 3.67. The van der Waals surface area contributed by atoms with Crippen molar-refractivity contribution in [3.8, 4) is 0 Å². The Morgan fingerprint density at radius 1 is 1.33 bits per heavy atom. The SMILES string of the molecule is CC1(N)CCC1(C)O.Cl. The van der Waals surface area contributed by atoms with Gasteiger partial charge in [0.1, 0.15) is 0 Å². The zero-order valence-corrected chi connectivity index (χ0v) is 6.66. The summed E-state index contributed by atoms with van der Waals surface area (Å²) < 4.78 is 0. The highest BCUT2D eigenvalue weighted by Crippen LogP contribution is 2.39. The second-order valence-electron chi connectivity index (χ2n) is 3.19. The lowest BCUT2D eigenvalue weighted by atomic mass is 9.66. The van der Waals surface area contributed by atoms with E-state index in [4.69, 9.17) is 5.73 Å². The van der Waals surface area contributed by atoms with Gasteiger partial charge in [0.05, 0.1) is 5.60 Å². The molecule has 0 heterocycles. The van der Waals surface area contributed by atoms with Gasteiger partial charge >= 0.3 is 0 Å². The number of hydrogen-bond donors (Lipinski definition) is 2. The molecule has 9 heavy (non-hydrogen) atoms. The molecule has 3 heteroatoms. The third-order valence-electron chi connectivity index (χ3n) is 2.36. The Kier molecular flexibility index (Phi) is 2.16. The van der Waals surface area contributed by atoms with Crippen LogP contribution in [-0.2, 0) is 0 Å². The maximum atomic E-state index is 9.32. The first-order chi connectivity index (χ1) is 3.46. The molecular weight excluding hydrogens is 138 g/mol. The van der Waals surface area contributed by atoms with E-state index in [0.717, 1.165) is 12.8 Å². The van der Waals surface area contributed by atoms with Gasteiger partial charge in [0.15, 0.2) is 0 Å². The van der Waals surface area contributed by atoms with Crippen molar-refractivity contribution in [1.82, 2.24) is 0 Å². The third-order valence-corrected chi connectivity index (χ3v) is 2.36. The molecule has 2 unspecified atom stereocenters. The van der Waals surface area contributed by atoms with E-state index in [-0.39, 0.29) is 17.9 Å². The largest absolute Gasteiger partial charge is 0.388 e. The zero-order valence-electron chi connectivity index (χ0n) is 5.85. The monoisotopic (exact) mass is 151 g/mol. The molecule has 0 radical (unpaired) electrons. The topological polar surface area (TPSA) is 46.2 Å². The third kappa shape index (κ3) is 1.20. The van der Waals surface area contributed by atoms with Gasteiger partial charge in [-0.25, -0.2) is 0 Å². The van der Waals surface area contributed by atoms with Crippen molar-refractivity contribution in [3.05, 3.63) is 0 Å². The maximum Gasteiger partial charge on any atom is 0.0796 e. The minimum absolute atomic E-state index is 0. The van der Waals surface area contributed by atoms with E-state index < -0.39 is 5.60 Å². The Balaban J connectivity index is 0.000000640. The van der Waals surface area contributed by atoms with Crippen molar-refractivity contribution >= 4 is 12.4 Å². The minimum Gasteiger partial charge on any atom is -0.388 e. The summed E-state index contributed by atoms with van der Waals surface area (Å²) in [6.07, 6.45) is 1.79. The van der Waals surface area contributed by atoms with Crippen molar-refractivity contribution in [3.63, 3.8) is 0 Å². The standard InChI is InChI=1S/C6H13NO.ClH/c1-5(7)3-4-6(5,2)8;/h8H,3-4,7H2,1-2H3;1H. The molecule has 1 aliphatic carbocycles. The fraction of sp³-hybridized carbons (Fsp3) is 1.00. The summed E-state index contributed by atoms with van der Waals surface area (Å²) >= 11 is 0. The average molecular weight is 152 g/mol. The molecule has 2 atom stereocenters. The first kappa shape index (κ1) is 9.21. The van der Waals surface area contributed by atoms with Gasteiger partial charge in [-0.05, 0) is 26.7 Å². The Morgan fingerprint density at radius 2 is 1.67 bits per heavy atom. The lowest BCUT2D eigenvalue weighted by molar-refractivity contribution is -0.0883. The number of aliphatic hydroxyl groups is 1. The summed E-state index contributed by atoms with van der Waals surface area (Å²) in [7, 11) is 0. The minimum atomic E-state index is -0.604. The van der Waals surface area contributed by atoms with Crippen molar-refractivity contribution in [2.75, 3.05) is 0 Å². The van der Waals surface area contributed by atoms with Crippen LogP contribution in [0.5, 0.6) is 0 Å². The number of nitrogens with two attached hydrogens (primary N) is 1. The van der Waals surface area contributed by atoms with E-state index in [9.17, 15) is 5.11 Å². The number of hydrogen-bond acceptors (Lipinski definition) is 2. The molecular formula is C6H14ClNO. The van der Waals surface area contributed by atoms with Crippen LogP contribution in [0.25, 0.3) is 0 Å². The maximum absolute atomic E-state index is 9.32. The molecule has 0 aromatic heterocycles. The highest BCUT2D eigenvalue weighted by molar-refractivity contribution is 5.85. The molecule has 1 fully saturated rings. The van der Waals surface area contributed by atoms with Crippen molar-refractivity contribution in [2.24, 2.45) is 5.73 Å². The van der Waals surface area contributed by atoms with Crippen LogP contribution < -0.4 is 5.73 Å². The molecule has 1 saturated carbocycles. The van der Waals surface area contributed by atoms with Gasteiger partial charge in [0.25, 0.3) is 0 Å². The molecule has 0 spiro atoms. The van der Waals surface area contributed by atoms with Crippen LogP contribution in [-0.4, -0.2) is 16.2 Å². The second kappa shape index (κ2) is 2.11. The number of halogens is 1. The van der Waals surface area contributed by atoms with Crippen LogP contribution in [0.1, 0.15) is 26.7 Å². The molecule has 56 valence electrons. The first-order valence-corrected chi connectivity index (χ1v) is 2.97. The van der Waals surface area contributed by atoms with E-state index >= 15 is 0 Å². The molecule has 0 aliphatic heterocycles. The zero-order chi connectivity index (χ0) is 6.41. The Bertz CT molecular complexity index is 97.6. The molecule has 0 bridgehead atoms. The van der Waals surface area contributed by atoms with Gasteiger partial charge in [-0.2, -0.15) is 0 Å². The van der Waals surface area contributed by atoms with E-state index in [2.05, 4.69) is 0 Å². The molecule has 0 saturated heterocycles. The van der Waals surface area contributed by atoms with Crippen LogP contribution in [0.2, 0.25) is 0 Å². The quantitative estimate of drug-likeness (QED) is 0.535. The van der Waals surface area contributed by atoms with Crippen LogP contribution in [0.3, 0.4) is 0 Å². The summed E-state index contributed by atoms with van der Waals surface area (Å²) in [5.74, 6) is 0. The van der Waals surface area contributed by atoms with Gasteiger partial charge in [0.2, 0.25) is 0 Å². The van der Waals surface area contributed by atoms with Crippen molar-refractivity contribution in [1.29, 1.82) is 0 Å². The van der Waals surface area contributed by atoms with Crippen molar-refractivity contribution < 1.29 is 5.11 Å². The molecule has 0 aromatic carbocycles. The Hall–Kier alpha value is 0.210. The number of rotatable bonds is 0. The highest BCUT2D eigenvalue weighted by atomic mass is 35.5. The highest BCUT2D eigenvalue weighted by Gasteiger charge is 2.48. The van der Waals surface area contributed by atoms with Gasteiger partial charge in [-0.3, -0.25) is 0 Å².